The van der Waals surface area contributed by atoms with Crippen LogP contribution in [0.1, 0.15) is 11.1 Å². The molecule has 74 valence electrons. The summed E-state index contributed by atoms with van der Waals surface area (Å²) in [4.78, 5) is 10.8. The van der Waals surface area contributed by atoms with Crippen molar-refractivity contribution in [3.63, 3.8) is 0 Å². The van der Waals surface area contributed by atoms with Gasteiger partial charge in [-0.15, -0.1) is 0 Å². The molecule has 0 aromatic heterocycles. The van der Waals surface area contributed by atoms with Crippen molar-refractivity contribution in [2.45, 2.75) is 18.9 Å². The van der Waals surface area contributed by atoms with Crippen molar-refractivity contribution >= 4 is 5.97 Å². The first-order valence-corrected chi connectivity index (χ1v) is 4.66. The van der Waals surface area contributed by atoms with Gasteiger partial charge in [0.1, 0.15) is 12.7 Å². The molecule has 0 fully saturated rings. The zero-order valence-corrected chi connectivity index (χ0v) is 7.77. The lowest BCUT2D eigenvalue weighted by Gasteiger charge is -2.09. The van der Waals surface area contributed by atoms with E-state index in [-0.39, 0.29) is 6.10 Å². The van der Waals surface area contributed by atoms with Gasteiger partial charge in [-0.2, -0.15) is 0 Å². The maximum atomic E-state index is 10.8. The third kappa shape index (κ3) is 1.77. The SMILES string of the molecule is O=C(CO)OC1Cc2ccccc2C1. The number of ether oxygens (including phenoxy) is 1. The molecule has 14 heavy (non-hydrogen) atoms. The first kappa shape index (κ1) is 9.21. The van der Waals surface area contributed by atoms with Gasteiger partial charge in [0.25, 0.3) is 0 Å². The van der Waals surface area contributed by atoms with Gasteiger partial charge in [0.05, 0.1) is 0 Å². The Kier molecular flexibility index (Phi) is 2.50. The van der Waals surface area contributed by atoms with E-state index in [0.29, 0.717) is 0 Å². The third-order valence-electron chi connectivity index (χ3n) is 2.44. The van der Waals surface area contributed by atoms with Crippen molar-refractivity contribution in [3.8, 4) is 0 Å². The predicted molar refractivity (Wildman–Crippen MR) is 50.8 cm³/mol. The number of esters is 1. The summed E-state index contributed by atoms with van der Waals surface area (Å²) in [6.45, 7) is -0.535. The van der Waals surface area contributed by atoms with E-state index in [0.717, 1.165) is 12.8 Å². The van der Waals surface area contributed by atoms with Crippen molar-refractivity contribution in [3.05, 3.63) is 35.4 Å². The van der Waals surface area contributed by atoms with Gasteiger partial charge in [-0.3, -0.25) is 0 Å². The van der Waals surface area contributed by atoms with E-state index in [2.05, 4.69) is 0 Å². The molecule has 0 bridgehead atoms. The molecule has 3 heteroatoms. The molecule has 3 nitrogen and oxygen atoms in total. The van der Waals surface area contributed by atoms with Crippen LogP contribution in [0.15, 0.2) is 24.3 Å². The van der Waals surface area contributed by atoms with Crippen molar-refractivity contribution < 1.29 is 14.6 Å². The summed E-state index contributed by atoms with van der Waals surface area (Å²) < 4.78 is 5.05. The van der Waals surface area contributed by atoms with E-state index < -0.39 is 12.6 Å². The maximum absolute atomic E-state index is 10.8. The second-order valence-corrected chi connectivity index (χ2v) is 3.45. The Hall–Kier alpha value is -1.35. The molecular weight excluding hydrogens is 180 g/mol. The van der Waals surface area contributed by atoms with Crippen LogP contribution in [0, 0.1) is 0 Å². The molecule has 1 N–H and O–H groups in total. The van der Waals surface area contributed by atoms with Gasteiger partial charge in [0, 0.05) is 12.8 Å². The van der Waals surface area contributed by atoms with Crippen molar-refractivity contribution in [2.75, 3.05) is 6.61 Å². The number of hydrogen-bond acceptors (Lipinski definition) is 3. The molecule has 0 atom stereocenters. The number of benzene rings is 1. The lowest BCUT2D eigenvalue weighted by atomic mass is 10.1. The zero-order valence-electron chi connectivity index (χ0n) is 7.77. The summed E-state index contributed by atoms with van der Waals surface area (Å²) in [5, 5.41) is 8.54. The van der Waals surface area contributed by atoms with Crippen LogP contribution >= 0.6 is 0 Å². The van der Waals surface area contributed by atoms with Gasteiger partial charge in [-0.05, 0) is 11.1 Å². The van der Waals surface area contributed by atoms with Crippen LogP contribution in [-0.4, -0.2) is 23.8 Å². The summed E-state index contributed by atoms with van der Waals surface area (Å²) in [5.74, 6) is -0.539. The van der Waals surface area contributed by atoms with Gasteiger partial charge in [-0.1, -0.05) is 24.3 Å². The summed E-state index contributed by atoms with van der Waals surface area (Å²) in [6.07, 6.45) is 1.44. The molecule has 0 unspecified atom stereocenters. The molecule has 1 aromatic carbocycles. The summed E-state index contributed by atoms with van der Waals surface area (Å²) >= 11 is 0. The number of hydrogen-bond donors (Lipinski definition) is 1. The van der Waals surface area contributed by atoms with Crippen LogP contribution in [-0.2, 0) is 22.4 Å². The van der Waals surface area contributed by atoms with E-state index in [1.807, 2.05) is 24.3 Å². The molecule has 0 spiro atoms. The van der Waals surface area contributed by atoms with Crippen molar-refractivity contribution in [1.29, 1.82) is 0 Å². The van der Waals surface area contributed by atoms with E-state index in [1.165, 1.54) is 11.1 Å². The van der Waals surface area contributed by atoms with Gasteiger partial charge >= 0.3 is 5.97 Å². The van der Waals surface area contributed by atoms with Gasteiger partial charge in [0.15, 0.2) is 0 Å². The lowest BCUT2D eigenvalue weighted by molar-refractivity contribution is -0.151. The monoisotopic (exact) mass is 192 g/mol. The highest BCUT2D eigenvalue weighted by molar-refractivity contribution is 5.70. The largest absolute Gasteiger partial charge is 0.460 e. The molecule has 0 amide bonds. The minimum atomic E-state index is -0.539. The Labute approximate surface area is 82.3 Å². The lowest BCUT2D eigenvalue weighted by Crippen LogP contribution is -2.20. The summed E-state index contributed by atoms with van der Waals surface area (Å²) in [5.41, 5.74) is 2.48. The fraction of sp³-hybridized carbons (Fsp3) is 0.364. The van der Waals surface area contributed by atoms with Gasteiger partial charge < -0.3 is 9.84 Å². The van der Waals surface area contributed by atoms with Crippen molar-refractivity contribution in [2.24, 2.45) is 0 Å². The number of carbonyl (C=O) groups excluding carboxylic acids is 1. The van der Waals surface area contributed by atoms with Gasteiger partial charge in [-0.25, -0.2) is 4.79 Å². The van der Waals surface area contributed by atoms with Crippen LogP contribution in [0.3, 0.4) is 0 Å². The number of fused-ring (bicyclic) bond motifs is 1. The third-order valence-corrected chi connectivity index (χ3v) is 2.44. The fourth-order valence-corrected chi connectivity index (χ4v) is 1.82. The molecule has 1 aliphatic carbocycles. The average Bonchev–Trinajstić information content (AvgIpc) is 2.59. The van der Waals surface area contributed by atoms with Gasteiger partial charge in [0.2, 0.25) is 0 Å². The first-order chi connectivity index (χ1) is 6.79. The van der Waals surface area contributed by atoms with Crippen molar-refractivity contribution in [1.82, 2.24) is 0 Å². The Morgan fingerprint density at radius 2 is 1.93 bits per heavy atom. The number of aliphatic hydroxyl groups excluding tert-OH is 1. The number of carbonyl (C=O) groups is 1. The molecule has 0 heterocycles. The second kappa shape index (κ2) is 3.80. The quantitative estimate of drug-likeness (QED) is 0.701. The molecule has 0 saturated carbocycles. The Morgan fingerprint density at radius 1 is 1.36 bits per heavy atom. The average molecular weight is 192 g/mol. The Morgan fingerprint density at radius 3 is 2.43 bits per heavy atom. The van der Waals surface area contributed by atoms with Crippen LogP contribution in [0.25, 0.3) is 0 Å². The maximum Gasteiger partial charge on any atom is 0.332 e. The highest BCUT2D eigenvalue weighted by atomic mass is 16.6. The molecule has 2 rings (SSSR count). The smallest absolute Gasteiger partial charge is 0.332 e. The molecule has 1 aliphatic rings. The van der Waals surface area contributed by atoms with E-state index in [9.17, 15) is 4.79 Å². The summed E-state index contributed by atoms with van der Waals surface area (Å²) in [7, 11) is 0. The van der Waals surface area contributed by atoms with Crippen LogP contribution in [0.2, 0.25) is 0 Å². The highest BCUT2D eigenvalue weighted by Crippen LogP contribution is 2.23. The fourth-order valence-electron chi connectivity index (χ4n) is 1.82. The van der Waals surface area contributed by atoms with E-state index in [4.69, 9.17) is 9.84 Å². The Balaban J connectivity index is 2.01. The number of rotatable bonds is 2. The molecular formula is C11H12O3. The zero-order chi connectivity index (χ0) is 9.97. The minimum absolute atomic E-state index is 0.0907. The normalized spacial score (nSPS) is 15.2. The molecule has 1 aromatic rings. The Bertz CT molecular complexity index is 321. The highest BCUT2D eigenvalue weighted by Gasteiger charge is 2.23. The number of aliphatic hydroxyl groups is 1. The molecule has 0 radical (unpaired) electrons. The first-order valence-electron chi connectivity index (χ1n) is 4.66. The standard InChI is InChI=1S/C11H12O3/c12-7-11(13)14-10-5-8-3-1-2-4-9(8)6-10/h1-4,10,12H,5-7H2. The van der Waals surface area contributed by atoms with Crippen LogP contribution in [0.4, 0.5) is 0 Å². The minimum Gasteiger partial charge on any atom is -0.460 e. The topological polar surface area (TPSA) is 46.5 Å². The summed E-state index contributed by atoms with van der Waals surface area (Å²) in [6, 6.07) is 8.05. The molecule has 0 saturated heterocycles. The predicted octanol–water partition coefficient (Wildman–Crippen LogP) is 0.689. The van der Waals surface area contributed by atoms with Crippen LogP contribution in [0.5, 0.6) is 0 Å². The van der Waals surface area contributed by atoms with Crippen LogP contribution < -0.4 is 0 Å². The second-order valence-electron chi connectivity index (χ2n) is 3.45. The molecule has 0 aliphatic heterocycles. The van der Waals surface area contributed by atoms with E-state index in [1.54, 1.807) is 0 Å². The van der Waals surface area contributed by atoms with E-state index >= 15 is 0 Å².